The minimum atomic E-state index is 0.515. The van der Waals surface area contributed by atoms with Crippen molar-refractivity contribution in [3.05, 3.63) is 18.3 Å². The van der Waals surface area contributed by atoms with Crippen LogP contribution in [-0.4, -0.2) is 18.6 Å². The lowest BCUT2D eigenvalue weighted by molar-refractivity contribution is 0.413. The minimum absolute atomic E-state index is 0.515. The Morgan fingerprint density at radius 3 is 2.79 bits per heavy atom. The summed E-state index contributed by atoms with van der Waals surface area (Å²) in [4.78, 5) is 4.24. The Kier molecular flexibility index (Phi) is 2.32. The zero-order valence-corrected chi connectivity index (χ0v) is 8.71. The first-order chi connectivity index (χ1) is 6.72. The van der Waals surface area contributed by atoms with Crippen molar-refractivity contribution in [1.82, 2.24) is 4.98 Å². The third-order valence-electron chi connectivity index (χ3n) is 2.77. The molecular formula is C11H16N2O. The van der Waals surface area contributed by atoms with E-state index in [0.29, 0.717) is 5.41 Å². The first kappa shape index (κ1) is 9.31. The largest absolute Gasteiger partial charge is 0.495 e. The number of hydrogen-bond donors (Lipinski definition) is 1. The van der Waals surface area contributed by atoms with Crippen LogP contribution in [0.25, 0.3) is 0 Å². The van der Waals surface area contributed by atoms with E-state index in [1.54, 1.807) is 13.3 Å². The summed E-state index contributed by atoms with van der Waals surface area (Å²) in [6.45, 7) is 3.32. The molecule has 1 aliphatic carbocycles. The Morgan fingerprint density at radius 2 is 2.29 bits per heavy atom. The molecule has 1 aliphatic rings. The van der Waals surface area contributed by atoms with Gasteiger partial charge >= 0.3 is 0 Å². The maximum absolute atomic E-state index is 5.04. The molecule has 3 nitrogen and oxygen atoms in total. The van der Waals surface area contributed by atoms with Crippen molar-refractivity contribution >= 4 is 5.82 Å². The second kappa shape index (κ2) is 3.48. The van der Waals surface area contributed by atoms with Crippen molar-refractivity contribution < 1.29 is 4.74 Å². The molecule has 0 spiro atoms. The van der Waals surface area contributed by atoms with Gasteiger partial charge in [-0.1, -0.05) is 6.92 Å². The Balaban J connectivity index is 1.89. The molecule has 1 aromatic heterocycles. The minimum Gasteiger partial charge on any atom is -0.495 e. The van der Waals surface area contributed by atoms with E-state index in [9.17, 15) is 0 Å². The molecule has 0 aliphatic heterocycles. The SMILES string of the molecule is COc1ccc(NCC2(C)CC2)nc1. The summed E-state index contributed by atoms with van der Waals surface area (Å²) in [5.74, 6) is 1.73. The zero-order valence-electron chi connectivity index (χ0n) is 8.71. The van der Waals surface area contributed by atoms with Crippen molar-refractivity contribution in [2.24, 2.45) is 5.41 Å². The summed E-state index contributed by atoms with van der Waals surface area (Å²) in [6, 6.07) is 3.87. The fourth-order valence-corrected chi connectivity index (χ4v) is 1.30. The van der Waals surface area contributed by atoms with Gasteiger partial charge in [-0.05, 0) is 30.4 Å². The van der Waals surface area contributed by atoms with Crippen molar-refractivity contribution in [1.29, 1.82) is 0 Å². The molecule has 0 saturated heterocycles. The molecule has 0 aromatic carbocycles. The van der Waals surface area contributed by atoms with E-state index in [0.717, 1.165) is 18.1 Å². The van der Waals surface area contributed by atoms with E-state index in [1.165, 1.54) is 12.8 Å². The Bertz CT molecular complexity index is 304. The summed E-state index contributed by atoms with van der Waals surface area (Å²) in [7, 11) is 1.65. The van der Waals surface area contributed by atoms with Crippen molar-refractivity contribution in [2.75, 3.05) is 19.0 Å². The van der Waals surface area contributed by atoms with Gasteiger partial charge < -0.3 is 10.1 Å². The molecule has 2 rings (SSSR count). The number of rotatable bonds is 4. The highest BCUT2D eigenvalue weighted by Gasteiger charge is 2.36. The molecule has 1 fully saturated rings. The van der Waals surface area contributed by atoms with Gasteiger partial charge in [-0.3, -0.25) is 0 Å². The lowest BCUT2D eigenvalue weighted by atomic mass is 10.1. The first-order valence-electron chi connectivity index (χ1n) is 4.96. The second-order valence-electron chi connectivity index (χ2n) is 4.25. The lowest BCUT2D eigenvalue weighted by Crippen LogP contribution is -2.12. The summed E-state index contributed by atoms with van der Waals surface area (Å²) in [5, 5.41) is 3.33. The summed E-state index contributed by atoms with van der Waals surface area (Å²) >= 11 is 0. The van der Waals surface area contributed by atoms with Gasteiger partial charge in [0, 0.05) is 6.54 Å². The van der Waals surface area contributed by atoms with Crippen LogP contribution in [0.4, 0.5) is 5.82 Å². The van der Waals surface area contributed by atoms with Gasteiger partial charge in [0.05, 0.1) is 13.3 Å². The number of aromatic nitrogens is 1. The number of ether oxygens (including phenoxy) is 1. The molecule has 1 N–H and O–H groups in total. The van der Waals surface area contributed by atoms with Gasteiger partial charge in [-0.2, -0.15) is 0 Å². The highest BCUT2D eigenvalue weighted by atomic mass is 16.5. The van der Waals surface area contributed by atoms with Crippen LogP contribution in [0.3, 0.4) is 0 Å². The van der Waals surface area contributed by atoms with E-state index in [-0.39, 0.29) is 0 Å². The van der Waals surface area contributed by atoms with Gasteiger partial charge in [0.2, 0.25) is 0 Å². The maximum Gasteiger partial charge on any atom is 0.137 e. The van der Waals surface area contributed by atoms with E-state index in [4.69, 9.17) is 4.74 Å². The van der Waals surface area contributed by atoms with Crippen molar-refractivity contribution in [2.45, 2.75) is 19.8 Å². The number of anilines is 1. The van der Waals surface area contributed by atoms with Crippen LogP contribution in [0, 0.1) is 5.41 Å². The fraction of sp³-hybridized carbons (Fsp3) is 0.545. The van der Waals surface area contributed by atoms with E-state index >= 15 is 0 Å². The number of hydrogen-bond acceptors (Lipinski definition) is 3. The molecule has 0 bridgehead atoms. The average Bonchev–Trinajstić information content (AvgIpc) is 2.95. The molecular weight excluding hydrogens is 176 g/mol. The molecule has 14 heavy (non-hydrogen) atoms. The number of pyridine rings is 1. The van der Waals surface area contributed by atoms with Crippen LogP contribution in [0.1, 0.15) is 19.8 Å². The zero-order chi connectivity index (χ0) is 10.0. The molecule has 0 atom stereocenters. The predicted octanol–water partition coefficient (Wildman–Crippen LogP) is 2.30. The van der Waals surface area contributed by atoms with Crippen LogP contribution in [0.15, 0.2) is 18.3 Å². The van der Waals surface area contributed by atoms with Gasteiger partial charge in [0.15, 0.2) is 0 Å². The predicted molar refractivity (Wildman–Crippen MR) is 56.6 cm³/mol. The smallest absolute Gasteiger partial charge is 0.137 e. The topological polar surface area (TPSA) is 34.1 Å². The van der Waals surface area contributed by atoms with Gasteiger partial charge in [0.1, 0.15) is 11.6 Å². The van der Waals surface area contributed by atoms with Crippen LogP contribution >= 0.6 is 0 Å². The molecule has 0 radical (unpaired) electrons. The van der Waals surface area contributed by atoms with E-state index in [1.807, 2.05) is 12.1 Å². The third-order valence-corrected chi connectivity index (χ3v) is 2.77. The van der Waals surface area contributed by atoms with Crippen LogP contribution < -0.4 is 10.1 Å². The summed E-state index contributed by atoms with van der Waals surface area (Å²) in [5.41, 5.74) is 0.515. The molecule has 3 heteroatoms. The molecule has 1 saturated carbocycles. The average molecular weight is 192 g/mol. The normalized spacial score (nSPS) is 17.6. The monoisotopic (exact) mass is 192 g/mol. The van der Waals surface area contributed by atoms with Gasteiger partial charge in [0.25, 0.3) is 0 Å². The van der Waals surface area contributed by atoms with Crippen LogP contribution in [-0.2, 0) is 0 Å². The summed E-state index contributed by atoms with van der Waals surface area (Å²) < 4.78 is 5.04. The second-order valence-corrected chi connectivity index (χ2v) is 4.25. The Labute approximate surface area is 84.5 Å². The standard InChI is InChI=1S/C11H16N2O/c1-11(5-6-11)8-13-10-4-3-9(14-2)7-12-10/h3-4,7H,5-6,8H2,1-2H3,(H,12,13). The maximum atomic E-state index is 5.04. The summed E-state index contributed by atoms with van der Waals surface area (Å²) in [6.07, 6.45) is 4.39. The molecule has 76 valence electrons. The number of nitrogens with one attached hydrogen (secondary N) is 1. The Hall–Kier alpha value is -1.25. The third kappa shape index (κ3) is 2.16. The molecule has 1 aromatic rings. The van der Waals surface area contributed by atoms with Gasteiger partial charge in [-0.15, -0.1) is 0 Å². The quantitative estimate of drug-likeness (QED) is 0.794. The molecule has 0 amide bonds. The first-order valence-corrected chi connectivity index (χ1v) is 4.96. The van der Waals surface area contributed by atoms with E-state index < -0.39 is 0 Å². The van der Waals surface area contributed by atoms with Crippen LogP contribution in [0.2, 0.25) is 0 Å². The highest BCUT2D eigenvalue weighted by Crippen LogP contribution is 2.44. The number of nitrogens with zero attached hydrogens (tertiary/aromatic N) is 1. The van der Waals surface area contributed by atoms with Crippen molar-refractivity contribution in [3.63, 3.8) is 0 Å². The fourth-order valence-electron chi connectivity index (χ4n) is 1.30. The van der Waals surface area contributed by atoms with E-state index in [2.05, 4.69) is 17.2 Å². The highest BCUT2D eigenvalue weighted by molar-refractivity contribution is 5.37. The van der Waals surface area contributed by atoms with Gasteiger partial charge in [-0.25, -0.2) is 4.98 Å². The molecule has 0 unspecified atom stereocenters. The molecule has 1 heterocycles. The van der Waals surface area contributed by atoms with Crippen LogP contribution in [0.5, 0.6) is 5.75 Å². The lowest BCUT2D eigenvalue weighted by Gasteiger charge is -2.10. The Morgan fingerprint density at radius 1 is 1.50 bits per heavy atom. The number of methoxy groups -OCH3 is 1. The van der Waals surface area contributed by atoms with Crippen molar-refractivity contribution in [3.8, 4) is 5.75 Å².